The van der Waals surface area contributed by atoms with Crippen LogP contribution in [-0.2, 0) is 4.74 Å². The molecule has 0 spiro atoms. The van der Waals surface area contributed by atoms with Crippen LogP contribution < -0.4 is 5.32 Å². The summed E-state index contributed by atoms with van der Waals surface area (Å²) in [6, 6.07) is 0.115. The number of ether oxygens (including phenoxy) is 1. The van der Waals surface area contributed by atoms with Crippen molar-refractivity contribution < 1.29 is 9.53 Å². The molecule has 0 saturated heterocycles. The molecular weight excluding hydrogens is 314 g/mol. The van der Waals surface area contributed by atoms with Crippen LogP contribution in [0, 0.1) is 0 Å². The Morgan fingerprint density at radius 3 is 2.36 bits per heavy atom. The highest BCUT2D eigenvalue weighted by Gasteiger charge is 2.18. The van der Waals surface area contributed by atoms with Gasteiger partial charge in [-0.2, -0.15) is 0 Å². The smallest absolute Gasteiger partial charge is 0.407 e. The third kappa shape index (κ3) is 7.62. The molecule has 3 nitrogen and oxygen atoms in total. The lowest BCUT2D eigenvalue weighted by atomic mass is 10.2. The number of nitrogens with one attached hydrogen (secondary N) is 1. The van der Waals surface area contributed by atoms with Crippen molar-refractivity contribution in [1.82, 2.24) is 5.32 Å². The molecule has 14 heavy (non-hydrogen) atoms. The number of rotatable bonds is 4. The standard InChI is InChI=1S/C9H17Br2NO2/c1-9(2,3)14-8(13)12-7(6-11)4-5-10/h7H,4-6H2,1-3H3,(H,12,13)/t7-/m1/s1. The fourth-order valence-electron chi connectivity index (χ4n) is 0.794. The number of alkyl carbamates (subject to hydrolysis) is 1. The number of hydrogen-bond donors (Lipinski definition) is 1. The van der Waals surface area contributed by atoms with Gasteiger partial charge < -0.3 is 10.1 Å². The van der Waals surface area contributed by atoms with Gasteiger partial charge in [0.05, 0.1) is 0 Å². The maximum absolute atomic E-state index is 11.3. The van der Waals surface area contributed by atoms with Crippen molar-refractivity contribution in [1.29, 1.82) is 0 Å². The third-order valence-electron chi connectivity index (χ3n) is 1.36. The van der Waals surface area contributed by atoms with Gasteiger partial charge in [0.2, 0.25) is 0 Å². The topological polar surface area (TPSA) is 38.3 Å². The zero-order valence-corrected chi connectivity index (χ0v) is 11.9. The van der Waals surface area contributed by atoms with Gasteiger partial charge >= 0.3 is 6.09 Å². The molecule has 0 radical (unpaired) electrons. The molecule has 1 amide bonds. The lowest BCUT2D eigenvalue weighted by molar-refractivity contribution is 0.0509. The largest absolute Gasteiger partial charge is 0.444 e. The minimum Gasteiger partial charge on any atom is -0.444 e. The zero-order chi connectivity index (χ0) is 11.2. The van der Waals surface area contributed by atoms with Gasteiger partial charge in [0.15, 0.2) is 0 Å². The van der Waals surface area contributed by atoms with E-state index < -0.39 is 5.60 Å². The predicted octanol–water partition coefficient (Wildman–Crippen LogP) is 3.06. The van der Waals surface area contributed by atoms with Crippen LogP contribution in [-0.4, -0.2) is 28.4 Å². The maximum atomic E-state index is 11.3. The Morgan fingerprint density at radius 2 is 2.00 bits per heavy atom. The van der Waals surface area contributed by atoms with E-state index in [0.29, 0.717) is 0 Å². The Bertz CT molecular complexity index is 180. The lowest BCUT2D eigenvalue weighted by Crippen LogP contribution is -2.40. The minimum atomic E-state index is -0.435. The summed E-state index contributed by atoms with van der Waals surface area (Å²) < 4.78 is 5.13. The van der Waals surface area contributed by atoms with Gasteiger partial charge in [0.1, 0.15) is 5.60 Å². The van der Waals surface area contributed by atoms with Crippen LogP contribution in [0.15, 0.2) is 0 Å². The van der Waals surface area contributed by atoms with Gasteiger partial charge in [0, 0.05) is 16.7 Å². The molecule has 0 rings (SSSR count). The molecule has 0 saturated carbocycles. The highest BCUT2D eigenvalue weighted by atomic mass is 79.9. The number of carbonyl (C=O) groups is 1. The van der Waals surface area contributed by atoms with Crippen LogP contribution >= 0.6 is 31.9 Å². The van der Waals surface area contributed by atoms with Crippen molar-refractivity contribution in [3.05, 3.63) is 0 Å². The SMILES string of the molecule is CC(C)(C)OC(=O)N[C@@H](CBr)CCBr. The zero-order valence-electron chi connectivity index (χ0n) is 8.77. The molecule has 0 aromatic carbocycles. The van der Waals surface area contributed by atoms with E-state index in [1.165, 1.54) is 0 Å². The Hall–Kier alpha value is 0.230. The molecule has 84 valence electrons. The highest BCUT2D eigenvalue weighted by molar-refractivity contribution is 9.09. The molecule has 0 aromatic rings. The summed E-state index contributed by atoms with van der Waals surface area (Å²) in [7, 11) is 0. The molecule has 1 N–H and O–H groups in total. The maximum Gasteiger partial charge on any atom is 0.407 e. The molecule has 0 unspecified atom stereocenters. The summed E-state index contributed by atoms with van der Waals surface area (Å²) >= 11 is 6.66. The first-order valence-corrected chi connectivity index (χ1v) is 6.75. The lowest BCUT2D eigenvalue weighted by Gasteiger charge is -2.22. The average Bonchev–Trinajstić information content (AvgIpc) is 2.00. The Labute approximate surface area is 102 Å². The summed E-state index contributed by atoms with van der Waals surface area (Å²) in [5.41, 5.74) is -0.435. The van der Waals surface area contributed by atoms with Crippen molar-refractivity contribution in [3.8, 4) is 0 Å². The highest BCUT2D eigenvalue weighted by Crippen LogP contribution is 2.08. The summed E-state index contributed by atoms with van der Waals surface area (Å²) in [4.78, 5) is 11.3. The van der Waals surface area contributed by atoms with Crippen LogP contribution in [0.3, 0.4) is 0 Å². The van der Waals surface area contributed by atoms with Crippen molar-refractivity contribution in [3.63, 3.8) is 0 Å². The summed E-state index contributed by atoms with van der Waals surface area (Å²) in [5.74, 6) is 0. The summed E-state index contributed by atoms with van der Waals surface area (Å²) in [5, 5.41) is 4.38. The molecule has 0 aromatic heterocycles. The number of carbonyl (C=O) groups excluding carboxylic acids is 1. The molecule has 0 heterocycles. The summed E-state index contributed by atoms with van der Waals surface area (Å²) in [6.45, 7) is 5.54. The first kappa shape index (κ1) is 14.2. The van der Waals surface area contributed by atoms with E-state index in [9.17, 15) is 4.79 Å². The van der Waals surface area contributed by atoms with Crippen molar-refractivity contribution in [2.45, 2.75) is 38.8 Å². The second-order valence-electron chi connectivity index (χ2n) is 3.98. The van der Waals surface area contributed by atoms with Gasteiger partial charge in [-0.1, -0.05) is 31.9 Å². The average molecular weight is 331 g/mol. The van der Waals surface area contributed by atoms with E-state index in [-0.39, 0.29) is 12.1 Å². The van der Waals surface area contributed by atoms with E-state index in [0.717, 1.165) is 17.1 Å². The normalized spacial score (nSPS) is 13.5. The van der Waals surface area contributed by atoms with E-state index in [2.05, 4.69) is 37.2 Å². The first-order valence-electron chi connectivity index (χ1n) is 4.50. The van der Waals surface area contributed by atoms with Gasteiger partial charge in [-0.3, -0.25) is 0 Å². The fraction of sp³-hybridized carbons (Fsp3) is 0.889. The summed E-state index contributed by atoms with van der Waals surface area (Å²) in [6.07, 6.45) is 0.521. The van der Waals surface area contributed by atoms with E-state index in [4.69, 9.17) is 4.74 Å². The Kier molecular flexibility index (Phi) is 6.78. The molecule has 0 bridgehead atoms. The van der Waals surface area contributed by atoms with Crippen LogP contribution in [0.1, 0.15) is 27.2 Å². The van der Waals surface area contributed by atoms with Crippen molar-refractivity contribution >= 4 is 38.0 Å². The molecule has 0 aliphatic carbocycles. The number of amides is 1. The molecule has 5 heteroatoms. The number of halogens is 2. The van der Waals surface area contributed by atoms with E-state index >= 15 is 0 Å². The predicted molar refractivity (Wildman–Crippen MR) is 65.4 cm³/mol. The molecule has 1 atom stereocenters. The van der Waals surface area contributed by atoms with E-state index in [1.807, 2.05) is 20.8 Å². The monoisotopic (exact) mass is 329 g/mol. The quantitative estimate of drug-likeness (QED) is 0.804. The van der Waals surface area contributed by atoms with Crippen LogP contribution in [0.25, 0.3) is 0 Å². The first-order chi connectivity index (χ1) is 6.39. The van der Waals surface area contributed by atoms with Crippen molar-refractivity contribution in [2.75, 3.05) is 10.7 Å². The van der Waals surface area contributed by atoms with Crippen molar-refractivity contribution in [2.24, 2.45) is 0 Å². The Balaban J connectivity index is 3.91. The molecular formula is C9H17Br2NO2. The second kappa shape index (κ2) is 6.67. The molecule has 0 fully saturated rings. The van der Waals surface area contributed by atoms with Gasteiger partial charge in [-0.25, -0.2) is 4.79 Å². The number of alkyl halides is 2. The van der Waals surface area contributed by atoms with E-state index in [1.54, 1.807) is 0 Å². The van der Waals surface area contributed by atoms with Gasteiger partial charge in [-0.15, -0.1) is 0 Å². The van der Waals surface area contributed by atoms with Gasteiger partial charge in [-0.05, 0) is 27.2 Å². The number of hydrogen-bond acceptors (Lipinski definition) is 2. The third-order valence-corrected chi connectivity index (χ3v) is 2.60. The van der Waals surface area contributed by atoms with Crippen LogP contribution in [0.2, 0.25) is 0 Å². The minimum absolute atomic E-state index is 0.115. The fourth-order valence-corrected chi connectivity index (χ4v) is 1.83. The van der Waals surface area contributed by atoms with Gasteiger partial charge in [0.25, 0.3) is 0 Å². The molecule has 0 aliphatic rings. The Morgan fingerprint density at radius 1 is 1.43 bits per heavy atom. The second-order valence-corrected chi connectivity index (χ2v) is 5.42. The van der Waals surface area contributed by atoms with Crippen LogP contribution in [0.5, 0.6) is 0 Å². The van der Waals surface area contributed by atoms with Crippen LogP contribution in [0.4, 0.5) is 4.79 Å². The molecule has 0 aliphatic heterocycles.